The number of alkyl halides is 6. The Balaban J connectivity index is 2.69. The van der Waals surface area contributed by atoms with Gasteiger partial charge in [-0.05, 0) is 6.07 Å². The van der Waals surface area contributed by atoms with E-state index in [1.807, 2.05) is 0 Å². The van der Waals surface area contributed by atoms with Crippen LogP contribution in [0, 0.1) is 0 Å². The zero-order valence-corrected chi connectivity index (χ0v) is 9.42. The molecule has 0 atom stereocenters. The Bertz CT molecular complexity index is 414. The van der Waals surface area contributed by atoms with E-state index in [4.69, 9.17) is 11.6 Å². The summed E-state index contributed by atoms with van der Waals surface area (Å²) in [6.45, 7) is -0.512. The maximum absolute atomic E-state index is 12.2. The predicted molar refractivity (Wildman–Crippen MR) is 53.4 cm³/mol. The number of halogens is 7. The molecule has 2 nitrogen and oxygen atoms in total. The third-order valence-electron chi connectivity index (χ3n) is 1.87. The Labute approximate surface area is 103 Å². The number of rotatable bonds is 3. The van der Waals surface area contributed by atoms with Crippen LogP contribution in [0.3, 0.4) is 0 Å². The summed E-state index contributed by atoms with van der Waals surface area (Å²) in [6.07, 6.45) is -9.58. The van der Waals surface area contributed by atoms with Crippen LogP contribution in [-0.2, 0) is 6.18 Å². The van der Waals surface area contributed by atoms with Gasteiger partial charge in [0.2, 0.25) is 0 Å². The number of aromatic nitrogens is 1. The van der Waals surface area contributed by atoms with Gasteiger partial charge < -0.3 is 5.32 Å². The summed E-state index contributed by atoms with van der Waals surface area (Å²) in [5, 5.41) is 1.84. The Kier molecular flexibility index (Phi) is 4.31. The van der Waals surface area contributed by atoms with Crippen LogP contribution >= 0.6 is 11.6 Å². The Hall–Kier alpha value is -1.18. The minimum Gasteiger partial charge on any atom is -0.368 e. The van der Waals surface area contributed by atoms with Crippen molar-refractivity contribution in [2.45, 2.75) is 18.8 Å². The summed E-state index contributed by atoms with van der Waals surface area (Å²) >= 11 is 5.48. The SMILES string of the molecule is FC(F)(F)CCNc1ncc(C(F)(F)F)cc1Cl. The Morgan fingerprint density at radius 3 is 2.22 bits per heavy atom. The molecule has 0 aromatic carbocycles. The molecule has 1 N–H and O–H groups in total. The minimum atomic E-state index is -4.60. The molecule has 102 valence electrons. The van der Waals surface area contributed by atoms with Gasteiger partial charge in [-0.15, -0.1) is 0 Å². The van der Waals surface area contributed by atoms with E-state index in [0.29, 0.717) is 12.3 Å². The van der Waals surface area contributed by atoms with Crippen molar-refractivity contribution in [2.24, 2.45) is 0 Å². The molecule has 18 heavy (non-hydrogen) atoms. The minimum absolute atomic E-state index is 0.214. The topological polar surface area (TPSA) is 24.9 Å². The first-order valence-corrected chi connectivity index (χ1v) is 5.01. The van der Waals surface area contributed by atoms with Gasteiger partial charge in [0.1, 0.15) is 5.82 Å². The van der Waals surface area contributed by atoms with Crippen molar-refractivity contribution in [2.75, 3.05) is 11.9 Å². The van der Waals surface area contributed by atoms with Gasteiger partial charge in [0.25, 0.3) is 0 Å². The molecule has 0 spiro atoms. The predicted octanol–water partition coefficient (Wildman–Crippen LogP) is 4.12. The molecular formula is C9H7ClF6N2. The fourth-order valence-electron chi connectivity index (χ4n) is 1.05. The highest BCUT2D eigenvalue weighted by atomic mass is 35.5. The summed E-state index contributed by atoms with van der Waals surface area (Å²) in [4.78, 5) is 3.33. The summed E-state index contributed by atoms with van der Waals surface area (Å²) in [7, 11) is 0. The maximum Gasteiger partial charge on any atom is 0.417 e. The average Bonchev–Trinajstić information content (AvgIpc) is 2.17. The van der Waals surface area contributed by atoms with Crippen LogP contribution in [0.1, 0.15) is 12.0 Å². The van der Waals surface area contributed by atoms with E-state index in [1.165, 1.54) is 0 Å². The number of anilines is 1. The van der Waals surface area contributed by atoms with Gasteiger partial charge in [-0.1, -0.05) is 11.6 Å². The Morgan fingerprint density at radius 1 is 1.17 bits per heavy atom. The average molecular weight is 293 g/mol. The first-order valence-electron chi connectivity index (χ1n) is 4.63. The molecule has 1 rings (SSSR count). The number of hydrogen-bond acceptors (Lipinski definition) is 2. The molecule has 0 aliphatic rings. The molecule has 0 amide bonds. The molecule has 0 unspecified atom stereocenters. The van der Waals surface area contributed by atoms with Gasteiger partial charge in [0, 0.05) is 12.7 Å². The summed E-state index contributed by atoms with van der Waals surface area (Å²) in [6, 6.07) is 0.602. The highest BCUT2D eigenvalue weighted by Gasteiger charge is 2.31. The van der Waals surface area contributed by atoms with Crippen LogP contribution in [0.2, 0.25) is 5.02 Å². The molecule has 0 radical (unpaired) electrons. The molecule has 0 aliphatic heterocycles. The highest BCUT2D eigenvalue weighted by molar-refractivity contribution is 6.32. The van der Waals surface area contributed by atoms with Gasteiger partial charge >= 0.3 is 12.4 Å². The first-order chi connectivity index (χ1) is 8.09. The van der Waals surface area contributed by atoms with Crippen LogP contribution in [0.5, 0.6) is 0 Å². The van der Waals surface area contributed by atoms with Crippen molar-refractivity contribution in [3.63, 3.8) is 0 Å². The smallest absolute Gasteiger partial charge is 0.368 e. The third-order valence-corrected chi connectivity index (χ3v) is 2.16. The Morgan fingerprint density at radius 2 is 1.78 bits per heavy atom. The second kappa shape index (κ2) is 5.21. The van der Waals surface area contributed by atoms with E-state index < -0.39 is 30.9 Å². The number of nitrogens with one attached hydrogen (secondary N) is 1. The van der Waals surface area contributed by atoms with E-state index in [0.717, 1.165) is 0 Å². The summed E-state index contributed by atoms with van der Waals surface area (Å²) < 4.78 is 72.2. The fourth-order valence-corrected chi connectivity index (χ4v) is 1.28. The van der Waals surface area contributed by atoms with Crippen LogP contribution < -0.4 is 5.32 Å². The molecule has 9 heteroatoms. The van der Waals surface area contributed by atoms with Crippen LogP contribution in [0.4, 0.5) is 32.2 Å². The van der Waals surface area contributed by atoms with Crippen molar-refractivity contribution in [1.82, 2.24) is 4.98 Å². The van der Waals surface area contributed by atoms with Crippen molar-refractivity contribution >= 4 is 17.4 Å². The monoisotopic (exact) mass is 292 g/mol. The zero-order valence-electron chi connectivity index (χ0n) is 8.66. The van der Waals surface area contributed by atoms with E-state index in [-0.39, 0.29) is 10.8 Å². The standard InChI is InChI=1S/C9H7ClF6N2/c10-6-3-5(9(14,15)16)4-18-7(6)17-2-1-8(11,12)13/h3-4H,1-2H2,(H,17,18). The lowest BCUT2D eigenvalue weighted by molar-refractivity contribution is -0.137. The lowest BCUT2D eigenvalue weighted by Crippen LogP contribution is -2.15. The maximum atomic E-state index is 12.2. The van der Waals surface area contributed by atoms with Crippen LogP contribution in [0.15, 0.2) is 12.3 Å². The molecule has 0 fully saturated rings. The fraction of sp³-hybridized carbons (Fsp3) is 0.444. The molecule has 1 aromatic rings. The quantitative estimate of drug-likeness (QED) is 0.848. The molecule has 0 aliphatic carbocycles. The third kappa shape index (κ3) is 4.59. The van der Waals surface area contributed by atoms with E-state index >= 15 is 0 Å². The number of hydrogen-bond donors (Lipinski definition) is 1. The molecule has 1 aromatic heterocycles. The normalized spacial score (nSPS) is 12.6. The van der Waals surface area contributed by atoms with Gasteiger partial charge in [-0.25, -0.2) is 4.98 Å². The molecule has 1 heterocycles. The second-order valence-electron chi connectivity index (χ2n) is 3.34. The second-order valence-corrected chi connectivity index (χ2v) is 3.75. The van der Waals surface area contributed by atoms with E-state index in [2.05, 4.69) is 10.3 Å². The number of pyridine rings is 1. The van der Waals surface area contributed by atoms with Gasteiger partial charge in [0.05, 0.1) is 17.0 Å². The summed E-state index contributed by atoms with van der Waals surface area (Å²) in [5.41, 5.74) is -1.06. The number of nitrogens with zero attached hydrogens (tertiary/aromatic N) is 1. The molecular weight excluding hydrogens is 286 g/mol. The van der Waals surface area contributed by atoms with Crippen molar-refractivity contribution in [3.05, 3.63) is 22.8 Å². The molecule has 0 saturated carbocycles. The highest BCUT2D eigenvalue weighted by Crippen LogP contribution is 2.32. The zero-order chi connectivity index (χ0) is 14.0. The summed E-state index contributed by atoms with van der Waals surface area (Å²) in [5.74, 6) is -0.214. The largest absolute Gasteiger partial charge is 0.417 e. The lowest BCUT2D eigenvalue weighted by Gasteiger charge is -2.11. The molecule has 0 saturated heterocycles. The van der Waals surface area contributed by atoms with Crippen molar-refractivity contribution < 1.29 is 26.3 Å². The lowest BCUT2D eigenvalue weighted by atomic mass is 10.2. The van der Waals surface area contributed by atoms with Crippen molar-refractivity contribution in [1.29, 1.82) is 0 Å². The first kappa shape index (κ1) is 14.9. The van der Waals surface area contributed by atoms with Crippen LogP contribution in [-0.4, -0.2) is 17.7 Å². The van der Waals surface area contributed by atoms with Crippen LogP contribution in [0.25, 0.3) is 0 Å². The van der Waals surface area contributed by atoms with E-state index in [1.54, 1.807) is 0 Å². The van der Waals surface area contributed by atoms with E-state index in [9.17, 15) is 26.3 Å². The van der Waals surface area contributed by atoms with Gasteiger partial charge in [-0.3, -0.25) is 0 Å². The van der Waals surface area contributed by atoms with Crippen molar-refractivity contribution in [3.8, 4) is 0 Å². The van der Waals surface area contributed by atoms with Gasteiger partial charge in [-0.2, -0.15) is 26.3 Å². The van der Waals surface area contributed by atoms with Gasteiger partial charge in [0.15, 0.2) is 0 Å². The molecule has 0 bridgehead atoms.